The highest BCUT2D eigenvalue weighted by molar-refractivity contribution is 7.89. The second-order valence-electron chi connectivity index (χ2n) is 7.78. The van der Waals surface area contributed by atoms with Crippen molar-refractivity contribution < 1.29 is 36.9 Å². The van der Waals surface area contributed by atoms with E-state index in [-0.39, 0.29) is 41.9 Å². The van der Waals surface area contributed by atoms with Crippen LogP contribution in [0.2, 0.25) is 0 Å². The van der Waals surface area contributed by atoms with Crippen LogP contribution < -0.4 is 24.3 Å². The molecule has 0 saturated carbocycles. The Kier molecular flexibility index (Phi) is 5.97. The van der Waals surface area contributed by atoms with Crippen molar-refractivity contribution in [1.29, 1.82) is 0 Å². The molecule has 0 unspecified atom stereocenters. The number of methoxy groups -OCH3 is 1. The molecule has 2 aliphatic heterocycles. The van der Waals surface area contributed by atoms with Gasteiger partial charge in [-0.25, -0.2) is 8.42 Å². The summed E-state index contributed by atoms with van der Waals surface area (Å²) in [5.74, 6) is 1.41. The van der Waals surface area contributed by atoms with Crippen LogP contribution in [0.5, 0.6) is 34.5 Å². The van der Waals surface area contributed by atoms with E-state index >= 15 is 0 Å². The maximum Gasteiger partial charge on any atom is 0.259 e. The fourth-order valence-electron chi connectivity index (χ4n) is 3.63. The lowest BCUT2D eigenvalue weighted by atomic mass is 10.1. The molecule has 10 nitrogen and oxygen atoms in total. The maximum absolute atomic E-state index is 13.5. The third-order valence-corrected chi connectivity index (χ3v) is 7.39. The zero-order valence-electron chi connectivity index (χ0n) is 18.9. The van der Waals surface area contributed by atoms with Crippen molar-refractivity contribution in [1.82, 2.24) is 4.31 Å². The number of carbonyl (C=O) groups excluding carboxylic acids is 1. The Morgan fingerprint density at radius 1 is 1.00 bits per heavy atom. The number of amides is 1. The van der Waals surface area contributed by atoms with Crippen LogP contribution in [0.15, 0.2) is 59.5 Å². The number of hydrogen-bond donors (Lipinski definition) is 1. The molecule has 0 bridgehead atoms. The maximum atomic E-state index is 13.5. The molecule has 0 saturated heterocycles. The van der Waals surface area contributed by atoms with Crippen LogP contribution in [0.4, 0.5) is 5.69 Å². The van der Waals surface area contributed by atoms with Crippen LogP contribution in [0.1, 0.15) is 10.4 Å². The van der Waals surface area contributed by atoms with Crippen molar-refractivity contribution in [2.75, 3.05) is 39.4 Å². The van der Waals surface area contributed by atoms with Crippen molar-refractivity contribution in [3.8, 4) is 34.5 Å². The number of benzene rings is 3. The summed E-state index contributed by atoms with van der Waals surface area (Å²) in [6.45, 7) is 0.384. The summed E-state index contributed by atoms with van der Waals surface area (Å²) in [7, 11) is -1.16. The number of sulfonamides is 1. The molecule has 1 amide bonds. The van der Waals surface area contributed by atoms with E-state index in [9.17, 15) is 13.2 Å². The van der Waals surface area contributed by atoms with Gasteiger partial charge < -0.3 is 29.0 Å². The molecule has 0 atom stereocenters. The minimum Gasteiger partial charge on any atom is -0.456 e. The number of nitrogens with one attached hydrogen (secondary N) is 1. The number of likely N-dealkylation sites (N-methyl/N-ethyl adjacent to an activating group) is 1. The van der Waals surface area contributed by atoms with Gasteiger partial charge in [0.05, 0.1) is 17.9 Å². The van der Waals surface area contributed by atoms with Crippen molar-refractivity contribution in [2.24, 2.45) is 0 Å². The second-order valence-corrected chi connectivity index (χ2v) is 9.80. The van der Waals surface area contributed by atoms with Crippen molar-refractivity contribution in [3.63, 3.8) is 0 Å². The predicted octanol–water partition coefficient (Wildman–Crippen LogP) is 3.83. The summed E-state index contributed by atoms with van der Waals surface area (Å²) in [5, 5.41) is 2.75. The van der Waals surface area contributed by atoms with Gasteiger partial charge in [0.2, 0.25) is 16.8 Å². The fourth-order valence-corrected chi connectivity index (χ4v) is 4.90. The normalized spacial score (nSPS) is 14.0. The first kappa shape index (κ1) is 23.0. The average Bonchev–Trinajstić information content (AvgIpc) is 3.26. The molecule has 0 fully saturated rings. The molecule has 11 heteroatoms. The van der Waals surface area contributed by atoms with E-state index in [2.05, 4.69) is 5.32 Å². The number of ether oxygens (including phenoxy) is 5. The van der Waals surface area contributed by atoms with Gasteiger partial charge in [-0.15, -0.1) is 0 Å². The second kappa shape index (κ2) is 9.10. The Labute approximate surface area is 202 Å². The largest absolute Gasteiger partial charge is 0.456 e. The number of para-hydroxylation sites is 2. The van der Waals surface area contributed by atoms with Crippen LogP contribution in [-0.2, 0) is 14.8 Å². The van der Waals surface area contributed by atoms with Gasteiger partial charge in [0.25, 0.3) is 5.91 Å². The Hall–Kier alpha value is -3.80. The lowest BCUT2D eigenvalue weighted by Crippen LogP contribution is -2.30. The molecule has 3 aromatic carbocycles. The van der Waals surface area contributed by atoms with Crippen molar-refractivity contribution in [3.05, 3.63) is 60.2 Å². The van der Waals surface area contributed by atoms with Gasteiger partial charge in [-0.1, -0.05) is 12.1 Å². The summed E-state index contributed by atoms with van der Waals surface area (Å²) >= 11 is 0. The number of nitrogens with zero attached hydrogens (tertiary/aromatic N) is 1. The molecule has 182 valence electrons. The van der Waals surface area contributed by atoms with Crippen LogP contribution >= 0.6 is 0 Å². The van der Waals surface area contributed by atoms with Gasteiger partial charge in [0, 0.05) is 32.8 Å². The van der Waals surface area contributed by atoms with Crippen LogP contribution in [0.3, 0.4) is 0 Å². The smallest absolute Gasteiger partial charge is 0.259 e. The first-order chi connectivity index (χ1) is 16.9. The van der Waals surface area contributed by atoms with Gasteiger partial charge in [0.15, 0.2) is 23.0 Å². The summed E-state index contributed by atoms with van der Waals surface area (Å²) in [6.07, 6.45) is 0. The standard InChI is InChI=1S/C24H22N2O8S/c1-26(9-10-30-2)35(28,29)23-12-16-20(34-18-6-4-3-5-17(18)25-24(16)27)13-22(23)33-15-7-8-19-21(11-15)32-14-31-19/h3-8,11-13H,9-10,14H2,1-2H3,(H,25,27). The highest BCUT2D eigenvalue weighted by Gasteiger charge is 2.31. The Bertz CT molecular complexity index is 1410. The van der Waals surface area contributed by atoms with Crippen LogP contribution in [0.25, 0.3) is 0 Å². The number of anilines is 1. The SMILES string of the molecule is COCCN(C)S(=O)(=O)c1cc2c(cc1Oc1ccc3c(c1)OCO3)Oc1ccccc1NC2=O. The van der Waals surface area contributed by atoms with Crippen molar-refractivity contribution in [2.45, 2.75) is 4.90 Å². The molecular formula is C24H22N2O8S. The third-order valence-electron chi connectivity index (χ3n) is 5.52. The van der Waals surface area contributed by atoms with E-state index in [1.165, 1.54) is 26.3 Å². The van der Waals surface area contributed by atoms with E-state index < -0.39 is 15.9 Å². The quantitative estimate of drug-likeness (QED) is 0.523. The molecule has 35 heavy (non-hydrogen) atoms. The minimum atomic E-state index is -4.07. The van der Waals surface area contributed by atoms with E-state index in [0.29, 0.717) is 28.7 Å². The third kappa shape index (κ3) is 4.36. The zero-order chi connectivity index (χ0) is 24.6. The number of fused-ring (bicyclic) bond motifs is 3. The number of carbonyl (C=O) groups is 1. The van der Waals surface area contributed by atoms with Crippen LogP contribution in [-0.4, -0.2) is 52.7 Å². The zero-order valence-corrected chi connectivity index (χ0v) is 19.8. The molecule has 0 aromatic heterocycles. The first-order valence-corrected chi connectivity index (χ1v) is 12.1. The van der Waals surface area contributed by atoms with E-state index in [0.717, 1.165) is 4.31 Å². The van der Waals surface area contributed by atoms with Gasteiger partial charge in [0.1, 0.15) is 16.4 Å². The van der Waals surface area contributed by atoms with Crippen LogP contribution in [0, 0.1) is 0 Å². The molecule has 2 heterocycles. The molecular weight excluding hydrogens is 476 g/mol. The number of rotatable bonds is 7. The minimum absolute atomic E-state index is 0.0148. The molecule has 0 radical (unpaired) electrons. The van der Waals surface area contributed by atoms with Gasteiger partial charge in [-0.2, -0.15) is 4.31 Å². The monoisotopic (exact) mass is 498 g/mol. The molecule has 5 rings (SSSR count). The van der Waals surface area contributed by atoms with Gasteiger partial charge in [-0.3, -0.25) is 4.79 Å². The fraction of sp³-hybridized carbons (Fsp3) is 0.208. The topological polar surface area (TPSA) is 113 Å². The Morgan fingerprint density at radius 2 is 1.80 bits per heavy atom. The molecule has 0 spiro atoms. The highest BCUT2D eigenvalue weighted by atomic mass is 32.2. The van der Waals surface area contributed by atoms with Gasteiger partial charge >= 0.3 is 0 Å². The Balaban J connectivity index is 1.62. The van der Waals surface area contributed by atoms with E-state index in [1.54, 1.807) is 42.5 Å². The molecule has 3 aromatic rings. The molecule has 0 aliphatic carbocycles. The number of hydrogen-bond acceptors (Lipinski definition) is 8. The summed E-state index contributed by atoms with van der Waals surface area (Å²) < 4.78 is 55.9. The van der Waals surface area contributed by atoms with E-state index in [4.69, 9.17) is 23.7 Å². The predicted molar refractivity (Wildman–Crippen MR) is 125 cm³/mol. The summed E-state index contributed by atoms with van der Waals surface area (Å²) in [5.41, 5.74) is 0.520. The van der Waals surface area contributed by atoms with E-state index in [1.807, 2.05) is 0 Å². The highest BCUT2D eigenvalue weighted by Crippen LogP contribution is 2.43. The summed E-state index contributed by atoms with van der Waals surface area (Å²) in [4.78, 5) is 12.8. The molecule has 2 aliphatic rings. The lowest BCUT2D eigenvalue weighted by Gasteiger charge is -2.20. The Morgan fingerprint density at radius 3 is 2.63 bits per heavy atom. The van der Waals surface area contributed by atoms with Gasteiger partial charge in [-0.05, 0) is 30.3 Å². The average molecular weight is 499 g/mol. The lowest BCUT2D eigenvalue weighted by molar-refractivity contribution is 0.102. The summed E-state index contributed by atoms with van der Waals surface area (Å²) in [6, 6.07) is 14.5. The van der Waals surface area contributed by atoms with Crippen molar-refractivity contribution >= 4 is 21.6 Å². The molecule has 1 N–H and O–H groups in total. The first-order valence-electron chi connectivity index (χ1n) is 10.7.